The summed E-state index contributed by atoms with van der Waals surface area (Å²) in [6.07, 6.45) is 2.60. The Balaban J connectivity index is 1.96. The molecule has 1 fully saturated rings. The summed E-state index contributed by atoms with van der Waals surface area (Å²) < 4.78 is 0. The number of carbonyl (C=O) groups is 1. The van der Waals surface area contributed by atoms with Gasteiger partial charge in [-0.2, -0.15) is 0 Å². The molecule has 0 radical (unpaired) electrons. The highest BCUT2D eigenvalue weighted by Gasteiger charge is 2.25. The minimum absolute atomic E-state index is 0.00212. The molecule has 3 aromatic rings. The summed E-state index contributed by atoms with van der Waals surface area (Å²) in [5.41, 5.74) is 8.18. The molecule has 0 aliphatic heterocycles. The number of aromatic nitrogens is 2. The van der Waals surface area contributed by atoms with E-state index in [-0.39, 0.29) is 5.78 Å². The standard InChI is InChI=1S/C18H16Cl2N4OS/c1-2-12(25)16-14(21)13-15(8-3-6-10(19)11(20)7-8)23-18(22-9-4-5-9)24-17(13)26-16/h3,6-7,9H,2,4-5,21H2,1H3,(H,22,23,24). The lowest BCUT2D eigenvalue weighted by molar-refractivity contribution is 0.0993. The third-order valence-corrected chi connectivity index (χ3v) is 6.15. The second kappa shape index (κ2) is 6.68. The number of benzene rings is 1. The average Bonchev–Trinajstić information content (AvgIpc) is 3.38. The average molecular weight is 407 g/mol. The van der Waals surface area contributed by atoms with E-state index < -0.39 is 0 Å². The third kappa shape index (κ3) is 3.13. The van der Waals surface area contributed by atoms with Crippen LogP contribution in [0.15, 0.2) is 18.2 Å². The minimum Gasteiger partial charge on any atom is -0.397 e. The van der Waals surface area contributed by atoms with Crippen molar-refractivity contribution in [2.75, 3.05) is 11.1 Å². The van der Waals surface area contributed by atoms with Crippen LogP contribution in [0.2, 0.25) is 10.0 Å². The van der Waals surface area contributed by atoms with Crippen LogP contribution in [0.25, 0.3) is 21.5 Å². The van der Waals surface area contributed by atoms with E-state index in [9.17, 15) is 4.79 Å². The van der Waals surface area contributed by atoms with Gasteiger partial charge in [-0.1, -0.05) is 36.2 Å². The lowest BCUT2D eigenvalue weighted by Crippen LogP contribution is -2.06. The molecular weight excluding hydrogens is 391 g/mol. The number of hydrogen-bond acceptors (Lipinski definition) is 6. The largest absolute Gasteiger partial charge is 0.397 e. The fourth-order valence-electron chi connectivity index (χ4n) is 2.72. The lowest BCUT2D eigenvalue weighted by Gasteiger charge is -2.09. The molecule has 2 heterocycles. The number of thiophene rings is 1. The number of Topliss-reactive ketones (excluding diaryl/α,β-unsaturated/α-hetero) is 1. The Morgan fingerprint density at radius 3 is 2.73 bits per heavy atom. The SMILES string of the molecule is CCC(=O)c1sc2nc(NC3CC3)nc(-c3ccc(Cl)c(Cl)c3)c2c1N. The van der Waals surface area contributed by atoms with Crippen LogP contribution in [0.4, 0.5) is 11.6 Å². The summed E-state index contributed by atoms with van der Waals surface area (Å²) in [6.45, 7) is 1.82. The van der Waals surface area contributed by atoms with Crippen molar-refractivity contribution < 1.29 is 4.79 Å². The Morgan fingerprint density at radius 1 is 1.31 bits per heavy atom. The van der Waals surface area contributed by atoms with E-state index in [1.165, 1.54) is 11.3 Å². The highest BCUT2D eigenvalue weighted by atomic mass is 35.5. The first kappa shape index (κ1) is 17.5. The second-order valence-electron chi connectivity index (χ2n) is 6.25. The number of nitrogens with zero attached hydrogens (tertiary/aromatic N) is 2. The first-order chi connectivity index (χ1) is 12.5. The smallest absolute Gasteiger partial charge is 0.224 e. The Morgan fingerprint density at radius 2 is 2.08 bits per heavy atom. The van der Waals surface area contributed by atoms with Crippen molar-refractivity contribution in [1.82, 2.24) is 9.97 Å². The zero-order chi connectivity index (χ0) is 18.4. The fraction of sp³-hybridized carbons (Fsp3) is 0.278. The number of halogens is 2. The number of fused-ring (bicyclic) bond motifs is 1. The van der Waals surface area contributed by atoms with Gasteiger partial charge in [0.2, 0.25) is 5.95 Å². The van der Waals surface area contributed by atoms with Gasteiger partial charge in [0.1, 0.15) is 4.83 Å². The highest BCUT2D eigenvalue weighted by molar-refractivity contribution is 7.21. The Bertz CT molecular complexity index is 1030. The van der Waals surface area contributed by atoms with Gasteiger partial charge in [-0.3, -0.25) is 4.79 Å². The van der Waals surface area contributed by atoms with Crippen LogP contribution < -0.4 is 11.1 Å². The monoisotopic (exact) mass is 406 g/mol. The molecule has 1 saturated carbocycles. The summed E-state index contributed by atoms with van der Waals surface area (Å²) in [6, 6.07) is 5.73. The van der Waals surface area contributed by atoms with Gasteiger partial charge in [0.05, 0.1) is 31.7 Å². The molecule has 134 valence electrons. The molecule has 3 N–H and O–H groups in total. The van der Waals surface area contributed by atoms with Crippen molar-refractivity contribution in [3.63, 3.8) is 0 Å². The van der Waals surface area contributed by atoms with Crippen molar-refractivity contribution in [2.24, 2.45) is 0 Å². The van der Waals surface area contributed by atoms with Crippen LogP contribution in [0.1, 0.15) is 35.9 Å². The number of rotatable bonds is 5. The van der Waals surface area contributed by atoms with Crippen LogP contribution in [0, 0.1) is 0 Å². The van der Waals surface area contributed by atoms with E-state index in [2.05, 4.69) is 15.3 Å². The van der Waals surface area contributed by atoms with Crippen LogP contribution in [-0.4, -0.2) is 21.8 Å². The Kier molecular flexibility index (Phi) is 4.50. The third-order valence-electron chi connectivity index (χ3n) is 4.27. The van der Waals surface area contributed by atoms with Crippen molar-refractivity contribution in [1.29, 1.82) is 0 Å². The van der Waals surface area contributed by atoms with Crippen molar-refractivity contribution in [3.05, 3.63) is 33.1 Å². The van der Waals surface area contributed by atoms with E-state index in [4.69, 9.17) is 28.9 Å². The van der Waals surface area contributed by atoms with Crippen molar-refractivity contribution in [3.8, 4) is 11.3 Å². The molecule has 0 amide bonds. The van der Waals surface area contributed by atoms with Crippen molar-refractivity contribution in [2.45, 2.75) is 32.2 Å². The minimum atomic E-state index is 0.00212. The second-order valence-corrected chi connectivity index (χ2v) is 8.06. The summed E-state index contributed by atoms with van der Waals surface area (Å²) >= 11 is 13.5. The van der Waals surface area contributed by atoms with Crippen LogP contribution >= 0.6 is 34.5 Å². The van der Waals surface area contributed by atoms with Gasteiger partial charge >= 0.3 is 0 Å². The zero-order valence-electron chi connectivity index (χ0n) is 14.0. The molecule has 2 aromatic heterocycles. The summed E-state index contributed by atoms with van der Waals surface area (Å²) in [7, 11) is 0. The number of nitrogens with two attached hydrogens (primary N) is 1. The fourth-order valence-corrected chi connectivity index (χ4v) is 4.12. The Labute approximate surface area is 164 Å². The van der Waals surface area contributed by atoms with Gasteiger partial charge in [-0.25, -0.2) is 9.97 Å². The van der Waals surface area contributed by atoms with Crippen molar-refractivity contribution >= 4 is 62.2 Å². The molecule has 4 rings (SSSR count). The molecule has 0 unspecified atom stereocenters. The highest BCUT2D eigenvalue weighted by Crippen LogP contribution is 2.41. The normalized spacial score (nSPS) is 14.0. The Hall–Kier alpha value is -1.89. The first-order valence-corrected chi connectivity index (χ1v) is 9.90. The number of hydrogen-bond donors (Lipinski definition) is 2. The zero-order valence-corrected chi connectivity index (χ0v) is 16.3. The first-order valence-electron chi connectivity index (χ1n) is 8.33. The van der Waals surface area contributed by atoms with Gasteiger partial charge in [0.25, 0.3) is 0 Å². The van der Waals surface area contributed by atoms with E-state index in [0.717, 1.165) is 18.4 Å². The number of ketones is 1. The van der Waals surface area contributed by atoms with Gasteiger partial charge < -0.3 is 11.1 Å². The molecule has 5 nitrogen and oxygen atoms in total. The van der Waals surface area contributed by atoms with E-state index in [1.807, 2.05) is 13.0 Å². The number of carbonyl (C=O) groups excluding carboxylic acids is 1. The van der Waals surface area contributed by atoms with Crippen LogP contribution in [-0.2, 0) is 0 Å². The van der Waals surface area contributed by atoms with Gasteiger partial charge in [0.15, 0.2) is 5.78 Å². The molecule has 1 aliphatic carbocycles. The van der Waals surface area contributed by atoms with E-state index in [1.54, 1.807) is 12.1 Å². The molecule has 8 heteroatoms. The predicted octanol–water partition coefficient (Wildman–Crippen LogP) is 5.41. The quantitative estimate of drug-likeness (QED) is 0.553. The maximum atomic E-state index is 12.3. The molecule has 1 aliphatic rings. The summed E-state index contributed by atoms with van der Waals surface area (Å²) in [5.74, 6) is 0.542. The molecule has 0 atom stereocenters. The summed E-state index contributed by atoms with van der Waals surface area (Å²) in [4.78, 5) is 22.7. The van der Waals surface area contributed by atoms with Gasteiger partial charge in [-0.05, 0) is 25.0 Å². The molecule has 0 saturated heterocycles. The lowest BCUT2D eigenvalue weighted by atomic mass is 10.1. The summed E-state index contributed by atoms with van der Waals surface area (Å²) in [5, 5.41) is 4.91. The maximum Gasteiger partial charge on any atom is 0.224 e. The molecule has 26 heavy (non-hydrogen) atoms. The topological polar surface area (TPSA) is 80.9 Å². The van der Waals surface area contributed by atoms with Gasteiger partial charge in [-0.15, -0.1) is 11.3 Å². The van der Waals surface area contributed by atoms with Crippen LogP contribution in [0.3, 0.4) is 0 Å². The molecule has 0 bridgehead atoms. The predicted molar refractivity (Wildman–Crippen MR) is 109 cm³/mol. The number of nitrogen functional groups attached to an aromatic ring is 1. The number of nitrogens with one attached hydrogen (secondary N) is 1. The molecular formula is C18H16Cl2N4OS. The molecule has 1 aromatic carbocycles. The van der Waals surface area contributed by atoms with E-state index >= 15 is 0 Å². The number of anilines is 2. The van der Waals surface area contributed by atoms with Crippen LogP contribution in [0.5, 0.6) is 0 Å². The van der Waals surface area contributed by atoms with Gasteiger partial charge in [0, 0.05) is 18.0 Å². The van der Waals surface area contributed by atoms with E-state index in [0.29, 0.717) is 54.9 Å². The maximum absolute atomic E-state index is 12.3. The molecule has 0 spiro atoms.